The molecule has 3 aromatic heterocycles. The first-order chi connectivity index (χ1) is 14.7. The standard InChI is InChI=1S/C23H22FN5O/c24-15-1-2-16-17-14-29(8-7-18(17)25-21(16)13-15)23-6-4-19-20(27-23)3-5-22(26-19)28-9-11-30-12-10-28/h1-6,13,25H,7-12,14H2. The van der Waals surface area contributed by atoms with Crippen LogP contribution in [0.1, 0.15) is 11.3 Å². The smallest absolute Gasteiger partial charge is 0.129 e. The number of halogens is 1. The Labute approximate surface area is 173 Å². The molecule has 0 bridgehead atoms. The fraction of sp³-hybridized carbons (Fsp3) is 0.304. The van der Waals surface area contributed by atoms with Crippen LogP contribution in [0, 0.1) is 5.82 Å². The van der Waals surface area contributed by atoms with Crippen LogP contribution in [0.25, 0.3) is 21.9 Å². The minimum Gasteiger partial charge on any atom is -0.378 e. The van der Waals surface area contributed by atoms with Crippen LogP contribution in [-0.2, 0) is 17.7 Å². The Morgan fingerprint density at radius 1 is 0.867 bits per heavy atom. The van der Waals surface area contributed by atoms with Crippen LogP contribution < -0.4 is 9.80 Å². The van der Waals surface area contributed by atoms with Gasteiger partial charge in [-0.05, 0) is 42.5 Å². The average Bonchev–Trinajstić information content (AvgIpc) is 3.15. The van der Waals surface area contributed by atoms with Gasteiger partial charge < -0.3 is 19.5 Å². The summed E-state index contributed by atoms with van der Waals surface area (Å²) in [7, 11) is 0. The Bertz CT molecular complexity index is 1250. The van der Waals surface area contributed by atoms with Crippen molar-refractivity contribution in [3.63, 3.8) is 0 Å². The molecule has 4 aromatic rings. The predicted octanol–water partition coefficient (Wildman–Crippen LogP) is 3.65. The maximum Gasteiger partial charge on any atom is 0.129 e. The number of hydrogen-bond donors (Lipinski definition) is 1. The molecule has 2 aliphatic rings. The summed E-state index contributed by atoms with van der Waals surface area (Å²) < 4.78 is 19.0. The molecule has 0 atom stereocenters. The number of H-pyrrole nitrogens is 1. The molecule has 0 spiro atoms. The summed E-state index contributed by atoms with van der Waals surface area (Å²) in [5.41, 5.74) is 5.11. The van der Waals surface area contributed by atoms with Crippen molar-refractivity contribution >= 4 is 33.6 Å². The summed E-state index contributed by atoms with van der Waals surface area (Å²) in [4.78, 5) is 17.6. The second-order valence-corrected chi connectivity index (χ2v) is 7.92. The molecule has 1 saturated heterocycles. The SMILES string of the molecule is Fc1ccc2c3c([nH]c2c1)CCN(c1ccc2nc(N4CCOCC4)ccc2n1)C3. The number of ether oxygens (including phenoxy) is 1. The van der Waals surface area contributed by atoms with Gasteiger partial charge in [0.25, 0.3) is 0 Å². The number of rotatable bonds is 2. The summed E-state index contributed by atoms with van der Waals surface area (Å²) in [6.45, 7) is 4.87. The molecule has 30 heavy (non-hydrogen) atoms. The highest BCUT2D eigenvalue weighted by Crippen LogP contribution is 2.31. The molecule has 1 aromatic carbocycles. The second-order valence-electron chi connectivity index (χ2n) is 7.92. The van der Waals surface area contributed by atoms with E-state index < -0.39 is 0 Å². The van der Waals surface area contributed by atoms with Crippen molar-refractivity contribution in [1.82, 2.24) is 15.0 Å². The van der Waals surface area contributed by atoms with E-state index in [-0.39, 0.29) is 5.82 Å². The van der Waals surface area contributed by atoms with Crippen molar-refractivity contribution in [2.45, 2.75) is 13.0 Å². The molecular formula is C23H22FN5O. The lowest BCUT2D eigenvalue weighted by Gasteiger charge is -2.29. The largest absolute Gasteiger partial charge is 0.378 e. The van der Waals surface area contributed by atoms with Gasteiger partial charge in [-0.2, -0.15) is 0 Å². The van der Waals surface area contributed by atoms with Crippen molar-refractivity contribution in [1.29, 1.82) is 0 Å². The monoisotopic (exact) mass is 403 g/mol. The molecule has 0 amide bonds. The first-order valence-electron chi connectivity index (χ1n) is 10.4. The lowest BCUT2D eigenvalue weighted by atomic mass is 10.0. The Hall–Kier alpha value is -3.19. The zero-order valence-corrected chi connectivity index (χ0v) is 16.6. The maximum absolute atomic E-state index is 13.6. The average molecular weight is 403 g/mol. The molecule has 6 rings (SSSR count). The summed E-state index contributed by atoms with van der Waals surface area (Å²) in [6, 6.07) is 13.2. The van der Waals surface area contributed by atoms with E-state index in [4.69, 9.17) is 14.7 Å². The number of pyridine rings is 2. The van der Waals surface area contributed by atoms with Gasteiger partial charge in [0, 0.05) is 54.8 Å². The fourth-order valence-electron chi connectivity index (χ4n) is 4.52. The van der Waals surface area contributed by atoms with Crippen LogP contribution in [0.2, 0.25) is 0 Å². The number of fused-ring (bicyclic) bond motifs is 4. The van der Waals surface area contributed by atoms with E-state index in [0.29, 0.717) is 0 Å². The molecule has 2 aliphatic heterocycles. The number of aromatic nitrogens is 3. The van der Waals surface area contributed by atoms with Gasteiger partial charge in [0.2, 0.25) is 0 Å². The summed E-state index contributed by atoms with van der Waals surface area (Å²) >= 11 is 0. The zero-order valence-electron chi connectivity index (χ0n) is 16.6. The van der Waals surface area contributed by atoms with Crippen LogP contribution in [0.15, 0.2) is 42.5 Å². The Balaban J connectivity index is 1.30. The Morgan fingerprint density at radius 2 is 1.60 bits per heavy atom. The predicted molar refractivity (Wildman–Crippen MR) is 116 cm³/mol. The highest BCUT2D eigenvalue weighted by atomic mass is 19.1. The van der Waals surface area contributed by atoms with Crippen molar-refractivity contribution in [3.8, 4) is 0 Å². The van der Waals surface area contributed by atoms with E-state index in [1.54, 1.807) is 6.07 Å². The van der Waals surface area contributed by atoms with Crippen molar-refractivity contribution in [2.24, 2.45) is 0 Å². The number of nitrogens with zero attached hydrogens (tertiary/aromatic N) is 4. The molecular weight excluding hydrogens is 381 g/mol. The van der Waals surface area contributed by atoms with Gasteiger partial charge in [-0.3, -0.25) is 0 Å². The number of hydrogen-bond acceptors (Lipinski definition) is 5. The van der Waals surface area contributed by atoms with Crippen LogP contribution in [0.3, 0.4) is 0 Å². The van der Waals surface area contributed by atoms with Crippen molar-refractivity contribution in [3.05, 3.63) is 59.5 Å². The molecule has 5 heterocycles. The minimum atomic E-state index is -0.210. The minimum absolute atomic E-state index is 0.210. The van der Waals surface area contributed by atoms with Crippen LogP contribution in [0.4, 0.5) is 16.0 Å². The Morgan fingerprint density at radius 3 is 2.37 bits per heavy atom. The fourth-order valence-corrected chi connectivity index (χ4v) is 4.52. The van der Waals surface area contributed by atoms with Gasteiger partial charge >= 0.3 is 0 Å². The molecule has 0 unspecified atom stereocenters. The normalized spacial score (nSPS) is 17.0. The van der Waals surface area contributed by atoms with Gasteiger partial charge in [0.1, 0.15) is 17.5 Å². The van der Waals surface area contributed by atoms with E-state index in [2.05, 4.69) is 33.0 Å². The van der Waals surface area contributed by atoms with Gasteiger partial charge in [-0.1, -0.05) is 0 Å². The lowest BCUT2D eigenvalue weighted by Crippen LogP contribution is -2.36. The van der Waals surface area contributed by atoms with Gasteiger partial charge in [0.15, 0.2) is 0 Å². The van der Waals surface area contributed by atoms with Crippen LogP contribution >= 0.6 is 0 Å². The van der Waals surface area contributed by atoms with E-state index >= 15 is 0 Å². The first-order valence-corrected chi connectivity index (χ1v) is 10.4. The number of aromatic amines is 1. The molecule has 7 heteroatoms. The maximum atomic E-state index is 13.6. The molecule has 1 fully saturated rings. The van der Waals surface area contributed by atoms with E-state index in [0.717, 1.165) is 79.4 Å². The summed E-state index contributed by atoms with van der Waals surface area (Å²) in [6.07, 6.45) is 0.888. The third-order valence-electron chi connectivity index (χ3n) is 6.11. The highest BCUT2D eigenvalue weighted by molar-refractivity contribution is 5.85. The van der Waals surface area contributed by atoms with E-state index in [9.17, 15) is 4.39 Å². The Kier molecular flexibility index (Phi) is 4.09. The molecule has 1 N–H and O–H groups in total. The number of anilines is 2. The second kappa shape index (κ2) is 6.95. The molecule has 6 nitrogen and oxygen atoms in total. The summed E-state index contributed by atoms with van der Waals surface area (Å²) in [5.74, 6) is 1.72. The quantitative estimate of drug-likeness (QED) is 0.554. The molecule has 0 radical (unpaired) electrons. The molecule has 0 saturated carbocycles. The highest BCUT2D eigenvalue weighted by Gasteiger charge is 2.22. The van der Waals surface area contributed by atoms with Gasteiger partial charge in [-0.25, -0.2) is 14.4 Å². The lowest BCUT2D eigenvalue weighted by molar-refractivity contribution is 0.122. The molecule has 0 aliphatic carbocycles. The topological polar surface area (TPSA) is 57.3 Å². The number of benzene rings is 1. The summed E-state index contributed by atoms with van der Waals surface area (Å²) in [5, 5.41) is 1.09. The van der Waals surface area contributed by atoms with E-state index in [1.807, 2.05) is 12.1 Å². The number of nitrogens with one attached hydrogen (secondary N) is 1. The van der Waals surface area contributed by atoms with Crippen molar-refractivity contribution < 1.29 is 9.13 Å². The zero-order chi connectivity index (χ0) is 20.1. The third-order valence-corrected chi connectivity index (χ3v) is 6.11. The van der Waals surface area contributed by atoms with E-state index in [1.165, 1.54) is 17.3 Å². The van der Waals surface area contributed by atoms with Crippen LogP contribution in [0.5, 0.6) is 0 Å². The first kappa shape index (κ1) is 17.7. The number of morpholine rings is 1. The molecule has 152 valence electrons. The van der Waals surface area contributed by atoms with Gasteiger partial charge in [-0.15, -0.1) is 0 Å². The third kappa shape index (κ3) is 2.97. The van der Waals surface area contributed by atoms with Gasteiger partial charge in [0.05, 0.1) is 24.2 Å². The van der Waals surface area contributed by atoms with Crippen LogP contribution in [-0.4, -0.2) is 47.8 Å². The van der Waals surface area contributed by atoms with Crippen molar-refractivity contribution in [2.75, 3.05) is 42.6 Å².